The van der Waals surface area contributed by atoms with Crippen LogP contribution in [0.25, 0.3) is 0 Å². The van der Waals surface area contributed by atoms with Crippen LogP contribution in [0, 0.1) is 11.3 Å². The molecule has 0 radical (unpaired) electrons. The predicted octanol–water partition coefficient (Wildman–Crippen LogP) is 0.656. The van der Waals surface area contributed by atoms with Gasteiger partial charge in [0.1, 0.15) is 0 Å². The van der Waals surface area contributed by atoms with Crippen LogP contribution in [0.4, 0.5) is 0 Å². The van der Waals surface area contributed by atoms with Crippen LogP contribution in [-0.2, 0) is 13.9 Å². The van der Waals surface area contributed by atoms with E-state index in [1.807, 2.05) is 0 Å². The molecule has 0 spiro atoms. The van der Waals surface area contributed by atoms with Crippen LogP contribution in [0.5, 0.6) is 0 Å². The highest BCUT2D eigenvalue weighted by Gasteiger charge is 2.11. The molecule has 0 rings (SSSR count). The molecule has 0 heterocycles. The summed E-state index contributed by atoms with van der Waals surface area (Å²) in [5.74, 6) is -0.935. The smallest absolute Gasteiger partial charge is 0.469 e. The third-order valence-corrected chi connectivity index (χ3v) is 1.36. The maximum atomic E-state index is 9.87. The maximum absolute atomic E-state index is 9.87. The number of carboxylic acid groups (broad SMARTS) is 1. The van der Waals surface area contributed by atoms with Gasteiger partial charge < -0.3 is 14.9 Å². The highest BCUT2D eigenvalue weighted by atomic mass is 31.2. The lowest BCUT2D eigenvalue weighted by Gasteiger charge is -1.99. The maximum Gasteiger partial charge on any atom is 0.469 e. The highest BCUT2D eigenvalue weighted by molar-refractivity contribution is 7.46. The lowest BCUT2D eigenvalue weighted by atomic mass is 10.4. The summed E-state index contributed by atoms with van der Waals surface area (Å²) >= 11 is 0. The van der Waals surface area contributed by atoms with E-state index in [-0.39, 0.29) is 18.6 Å². The number of hydrogen-bond acceptors (Lipinski definition) is 4. The lowest BCUT2D eigenvalue weighted by molar-refractivity contribution is -0.132. The number of aliphatic carboxylic acids is 1. The van der Waals surface area contributed by atoms with E-state index >= 15 is 0 Å². The van der Waals surface area contributed by atoms with Crippen molar-refractivity contribution in [3.8, 4) is 6.07 Å². The number of hydrogen-bond donors (Lipinski definition) is 3. The Bertz CT molecular complexity index is 289. The molecule has 0 saturated carbocycles. The van der Waals surface area contributed by atoms with Crippen molar-refractivity contribution in [3.05, 3.63) is 12.2 Å². The summed E-state index contributed by atoms with van der Waals surface area (Å²) in [6.45, 7) is 4.38. The van der Waals surface area contributed by atoms with Crippen LogP contribution in [0.1, 0.15) is 13.3 Å². The first kappa shape index (κ1) is 16.2. The molecule has 0 aliphatic heterocycles. The largest absolute Gasteiger partial charge is 0.478 e. The molecule has 0 bridgehead atoms. The van der Waals surface area contributed by atoms with Gasteiger partial charge in [0.05, 0.1) is 19.1 Å². The van der Waals surface area contributed by atoms with Crippen molar-refractivity contribution in [2.75, 3.05) is 6.61 Å². The van der Waals surface area contributed by atoms with Gasteiger partial charge in [-0.15, -0.1) is 0 Å². The Balaban J connectivity index is 0. The number of rotatable bonds is 4. The van der Waals surface area contributed by atoms with E-state index in [2.05, 4.69) is 11.1 Å². The number of phosphoric acid groups is 1. The molecule has 15 heavy (non-hydrogen) atoms. The van der Waals surface area contributed by atoms with Crippen LogP contribution >= 0.6 is 7.82 Å². The summed E-state index contributed by atoms with van der Waals surface area (Å²) < 4.78 is 13.8. The Hall–Kier alpha value is -1.19. The van der Waals surface area contributed by atoms with Gasteiger partial charge in [-0.05, 0) is 6.92 Å². The molecular formula is C7H12NO6P. The second kappa shape index (κ2) is 8.15. The molecule has 0 atom stereocenters. The molecule has 0 aromatic heterocycles. The third-order valence-electron chi connectivity index (χ3n) is 0.838. The van der Waals surface area contributed by atoms with Crippen molar-refractivity contribution in [3.63, 3.8) is 0 Å². The van der Waals surface area contributed by atoms with E-state index in [0.717, 1.165) is 0 Å². The Labute approximate surface area is 86.8 Å². The molecule has 3 N–H and O–H groups in total. The molecule has 0 aromatic rings. The van der Waals surface area contributed by atoms with Crippen LogP contribution in [0.15, 0.2) is 12.2 Å². The standard InChI is InChI=1S/C4H6O2.C3H6NO4P/c1-3(2)4(5)6;4-2-1-3-8-9(5,6)7/h1H2,2H3,(H,5,6);1,3H2,(H2,5,6,7). The van der Waals surface area contributed by atoms with Gasteiger partial charge in [-0.25, -0.2) is 9.36 Å². The molecule has 86 valence electrons. The van der Waals surface area contributed by atoms with E-state index in [4.69, 9.17) is 20.2 Å². The minimum absolute atomic E-state index is 0.00882. The molecule has 0 saturated heterocycles. The summed E-state index contributed by atoms with van der Waals surface area (Å²) in [5.41, 5.74) is 0.176. The van der Waals surface area contributed by atoms with Gasteiger partial charge in [-0.3, -0.25) is 4.52 Å². The zero-order valence-corrected chi connectivity index (χ0v) is 8.98. The van der Waals surface area contributed by atoms with Crippen LogP contribution in [0.2, 0.25) is 0 Å². The van der Waals surface area contributed by atoms with Crippen molar-refractivity contribution in [2.45, 2.75) is 13.3 Å². The number of phosphoric ester groups is 1. The molecule has 8 heteroatoms. The number of nitrogens with zero attached hydrogens (tertiary/aromatic N) is 1. The normalized spacial score (nSPS) is 9.47. The average Bonchev–Trinajstić information content (AvgIpc) is 2.03. The summed E-state index contributed by atoms with van der Waals surface area (Å²) in [7, 11) is -4.35. The fourth-order valence-corrected chi connectivity index (χ4v) is 0.539. The van der Waals surface area contributed by atoms with Crippen LogP contribution < -0.4 is 0 Å². The van der Waals surface area contributed by atoms with Crippen molar-refractivity contribution in [2.24, 2.45) is 0 Å². The zero-order valence-electron chi connectivity index (χ0n) is 8.08. The van der Waals surface area contributed by atoms with E-state index < -0.39 is 13.8 Å². The molecule has 0 amide bonds. The molecule has 0 fully saturated rings. The van der Waals surface area contributed by atoms with Crippen molar-refractivity contribution in [1.82, 2.24) is 0 Å². The number of nitriles is 1. The second-order valence-corrected chi connectivity index (χ2v) is 3.56. The molecule has 0 unspecified atom stereocenters. The second-order valence-electron chi connectivity index (χ2n) is 2.32. The van der Waals surface area contributed by atoms with E-state index in [1.165, 1.54) is 6.92 Å². The van der Waals surface area contributed by atoms with E-state index in [9.17, 15) is 9.36 Å². The molecular weight excluding hydrogens is 225 g/mol. The Morgan fingerprint density at radius 2 is 2.00 bits per heavy atom. The van der Waals surface area contributed by atoms with E-state index in [0.29, 0.717) is 0 Å². The fourth-order valence-electron chi connectivity index (χ4n) is 0.210. The van der Waals surface area contributed by atoms with Crippen LogP contribution in [0.3, 0.4) is 0 Å². The van der Waals surface area contributed by atoms with Crippen LogP contribution in [-0.4, -0.2) is 27.5 Å². The summed E-state index contributed by atoms with van der Waals surface area (Å²) in [6.07, 6.45) is -0.00882. The minimum Gasteiger partial charge on any atom is -0.478 e. The topological polar surface area (TPSA) is 128 Å². The first-order chi connectivity index (χ1) is 6.70. The van der Waals surface area contributed by atoms with E-state index in [1.54, 1.807) is 6.07 Å². The van der Waals surface area contributed by atoms with Crippen molar-refractivity contribution >= 4 is 13.8 Å². The Morgan fingerprint density at radius 1 is 1.60 bits per heavy atom. The summed E-state index contributed by atoms with van der Waals surface area (Å²) in [5, 5.41) is 15.8. The minimum atomic E-state index is -4.35. The van der Waals surface area contributed by atoms with Gasteiger partial charge in [0.25, 0.3) is 0 Å². The van der Waals surface area contributed by atoms with Crippen molar-refractivity contribution in [1.29, 1.82) is 5.26 Å². The van der Waals surface area contributed by atoms with Gasteiger partial charge >= 0.3 is 13.8 Å². The Morgan fingerprint density at radius 3 is 2.20 bits per heavy atom. The SMILES string of the molecule is C=C(C)C(=O)O.N#CCCOP(=O)(O)O. The lowest BCUT2D eigenvalue weighted by Crippen LogP contribution is -1.92. The quantitative estimate of drug-likeness (QED) is 0.372. The van der Waals surface area contributed by atoms with Gasteiger partial charge in [-0.1, -0.05) is 6.58 Å². The highest BCUT2D eigenvalue weighted by Crippen LogP contribution is 2.35. The Kier molecular flexibility index (Phi) is 8.82. The van der Waals surface area contributed by atoms with Gasteiger partial charge in [-0.2, -0.15) is 5.26 Å². The number of carboxylic acids is 1. The summed E-state index contributed by atoms with van der Waals surface area (Å²) in [6, 6.07) is 1.67. The molecule has 0 aliphatic rings. The number of carbonyl (C=O) groups is 1. The first-order valence-electron chi connectivity index (χ1n) is 3.66. The molecule has 0 aromatic carbocycles. The molecule has 0 aliphatic carbocycles. The third kappa shape index (κ3) is 19.3. The van der Waals surface area contributed by atoms with Gasteiger partial charge in [0.2, 0.25) is 0 Å². The first-order valence-corrected chi connectivity index (χ1v) is 5.19. The average molecular weight is 237 g/mol. The van der Waals surface area contributed by atoms with Gasteiger partial charge in [0, 0.05) is 5.57 Å². The zero-order chi connectivity index (χ0) is 12.5. The monoisotopic (exact) mass is 237 g/mol. The van der Waals surface area contributed by atoms with Gasteiger partial charge in [0.15, 0.2) is 0 Å². The molecule has 7 nitrogen and oxygen atoms in total. The predicted molar refractivity (Wildman–Crippen MR) is 50.7 cm³/mol. The summed E-state index contributed by atoms with van der Waals surface area (Å²) in [4.78, 5) is 25.6. The van der Waals surface area contributed by atoms with Crippen molar-refractivity contribution < 1.29 is 28.8 Å². The fraction of sp³-hybridized carbons (Fsp3) is 0.429.